The van der Waals surface area contributed by atoms with Gasteiger partial charge in [0.2, 0.25) is 0 Å². The summed E-state index contributed by atoms with van der Waals surface area (Å²) in [5.41, 5.74) is 1.55. The molecule has 7 nitrogen and oxygen atoms in total. The maximum Gasteiger partial charge on any atom is 0.319 e. The highest BCUT2D eigenvalue weighted by Gasteiger charge is 2.16. The summed E-state index contributed by atoms with van der Waals surface area (Å²) in [5, 5.41) is 6.05. The predicted molar refractivity (Wildman–Crippen MR) is 101 cm³/mol. The Labute approximate surface area is 157 Å². The zero-order valence-electron chi connectivity index (χ0n) is 14.5. The Morgan fingerprint density at radius 1 is 1.35 bits per heavy atom. The van der Waals surface area contributed by atoms with Gasteiger partial charge < -0.3 is 25.0 Å². The SMILES string of the molecule is COc1ccc(NC(=O)NCc2cccnc2N2CCOCC2)cc1Cl. The van der Waals surface area contributed by atoms with E-state index in [2.05, 4.69) is 20.5 Å². The molecular formula is C18H21ClN4O3. The highest BCUT2D eigenvalue weighted by Crippen LogP contribution is 2.27. The minimum absolute atomic E-state index is 0.317. The first kappa shape index (κ1) is 18.3. The summed E-state index contributed by atoms with van der Waals surface area (Å²) in [6.07, 6.45) is 1.76. The quantitative estimate of drug-likeness (QED) is 0.839. The minimum Gasteiger partial charge on any atom is -0.495 e. The highest BCUT2D eigenvalue weighted by molar-refractivity contribution is 6.32. The molecule has 0 aliphatic carbocycles. The van der Waals surface area contributed by atoms with Crippen molar-refractivity contribution in [2.24, 2.45) is 0 Å². The number of carbonyl (C=O) groups excluding carboxylic acids is 1. The Bertz CT molecular complexity index is 766. The molecule has 1 saturated heterocycles. The van der Waals surface area contributed by atoms with E-state index in [1.807, 2.05) is 12.1 Å². The summed E-state index contributed by atoms with van der Waals surface area (Å²) in [7, 11) is 1.54. The molecule has 1 aromatic carbocycles. The molecular weight excluding hydrogens is 356 g/mol. The molecule has 8 heteroatoms. The second-order valence-electron chi connectivity index (χ2n) is 5.74. The van der Waals surface area contributed by atoms with Crippen LogP contribution in [0.2, 0.25) is 5.02 Å². The third kappa shape index (κ3) is 4.56. The van der Waals surface area contributed by atoms with Crippen LogP contribution in [0.15, 0.2) is 36.5 Å². The number of benzene rings is 1. The van der Waals surface area contributed by atoms with E-state index in [0.717, 1.165) is 24.5 Å². The van der Waals surface area contributed by atoms with Crippen LogP contribution in [0.1, 0.15) is 5.56 Å². The van der Waals surface area contributed by atoms with E-state index in [0.29, 0.717) is 36.2 Å². The average Bonchev–Trinajstić information content (AvgIpc) is 2.67. The van der Waals surface area contributed by atoms with Crippen molar-refractivity contribution in [1.29, 1.82) is 0 Å². The van der Waals surface area contributed by atoms with Gasteiger partial charge in [-0.3, -0.25) is 0 Å². The Kier molecular flexibility index (Phi) is 6.14. The highest BCUT2D eigenvalue weighted by atomic mass is 35.5. The van der Waals surface area contributed by atoms with Gasteiger partial charge in [0.05, 0.1) is 25.3 Å². The summed E-state index contributed by atoms with van der Waals surface area (Å²) in [5.74, 6) is 1.44. The van der Waals surface area contributed by atoms with E-state index < -0.39 is 0 Å². The number of morpholine rings is 1. The van der Waals surface area contributed by atoms with Gasteiger partial charge in [0.1, 0.15) is 11.6 Å². The first-order valence-electron chi connectivity index (χ1n) is 8.32. The monoisotopic (exact) mass is 376 g/mol. The summed E-state index contributed by atoms with van der Waals surface area (Å²) in [6, 6.07) is 8.58. The third-order valence-corrected chi connectivity index (χ3v) is 4.32. The van der Waals surface area contributed by atoms with Crippen molar-refractivity contribution < 1.29 is 14.3 Å². The van der Waals surface area contributed by atoms with Crippen LogP contribution >= 0.6 is 11.6 Å². The van der Waals surface area contributed by atoms with Crippen molar-refractivity contribution in [3.8, 4) is 5.75 Å². The second kappa shape index (κ2) is 8.73. The summed E-state index contributed by atoms with van der Waals surface area (Å²) in [4.78, 5) is 18.8. The van der Waals surface area contributed by atoms with Gasteiger partial charge in [-0.2, -0.15) is 0 Å². The van der Waals surface area contributed by atoms with E-state index in [4.69, 9.17) is 21.1 Å². The number of pyridine rings is 1. The van der Waals surface area contributed by atoms with Gasteiger partial charge in [-0.25, -0.2) is 9.78 Å². The van der Waals surface area contributed by atoms with Crippen molar-refractivity contribution in [3.05, 3.63) is 47.1 Å². The maximum atomic E-state index is 12.2. The number of aromatic nitrogens is 1. The van der Waals surface area contributed by atoms with Crippen molar-refractivity contribution in [2.75, 3.05) is 43.6 Å². The molecule has 0 spiro atoms. The molecule has 2 amide bonds. The Hall–Kier alpha value is -2.51. The number of carbonyl (C=O) groups is 1. The number of hydrogen-bond donors (Lipinski definition) is 2. The van der Waals surface area contributed by atoms with Crippen LogP contribution in [0.4, 0.5) is 16.3 Å². The molecule has 0 saturated carbocycles. The fourth-order valence-electron chi connectivity index (χ4n) is 2.72. The summed E-state index contributed by atoms with van der Waals surface area (Å²) in [6.45, 7) is 3.32. The van der Waals surface area contributed by atoms with Gasteiger partial charge in [0.15, 0.2) is 0 Å². The van der Waals surface area contributed by atoms with E-state index in [1.54, 1.807) is 31.5 Å². The van der Waals surface area contributed by atoms with Crippen molar-refractivity contribution in [2.45, 2.75) is 6.54 Å². The van der Waals surface area contributed by atoms with Crippen LogP contribution < -0.4 is 20.3 Å². The van der Waals surface area contributed by atoms with Crippen LogP contribution in [0, 0.1) is 0 Å². The first-order chi connectivity index (χ1) is 12.7. The van der Waals surface area contributed by atoms with Crippen LogP contribution in [0.3, 0.4) is 0 Å². The smallest absolute Gasteiger partial charge is 0.319 e. The normalized spacial score (nSPS) is 14.0. The zero-order valence-corrected chi connectivity index (χ0v) is 15.3. The Balaban J connectivity index is 1.60. The van der Waals surface area contributed by atoms with Crippen molar-refractivity contribution >= 4 is 29.1 Å². The molecule has 0 radical (unpaired) electrons. The average molecular weight is 377 g/mol. The lowest BCUT2D eigenvalue weighted by Gasteiger charge is -2.29. The van der Waals surface area contributed by atoms with Gasteiger partial charge in [0, 0.05) is 37.1 Å². The number of anilines is 2. The fourth-order valence-corrected chi connectivity index (χ4v) is 2.98. The van der Waals surface area contributed by atoms with Gasteiger partial charge in [-0.1, -0.05) is 17.7 Å². The number of halogens is 1. The largest absolute Gasteiger partial charge is 0.495 e. The van der Waals surface area contributed by atoms with Gasteiger partial charge in [0.25, 0.3) is 0 Å². The maximum absolute atomic E-state index is 12.2. The molecule has 138 valence electrons. The zero-order chi connectivity index (χ0) is 18.4. The van der Waals surface area contributed by atoms with Gasteiger partial charge in [-0.05, 0) is 24.3 Å². The molecule has 0 bridgehead atoms. The summed E-state index contributed by atoms with van der Waals surface area (Å²) >= 11 is 6.07. The molecule has 2 heterocycles. The van der Waals surface area contributed by atoms with Gasteiger partial charge in [-0.15, -0.1) is 0 Å². The van der Waals surface area contributed by atoms with Crippen molar-refractivity contribution in [1.82, 2.24) is 10.3 Å². The summed E-state index contributed by atoms with van der Waals surface area (Å²) < 4.78 is 10.5. The topological polar surface area (TPSA) is 75.7 Å². The first-order valence-corrected chi connectivity index (χ1v) is 8.70. The van der Waals surface area contributed by atoms with E-state index in [1.165, 1.54) is 0 Å². The molecule has 3 rings (SSSR count). The van der Waals surface area contributed by atoms with Crippen LogP contribution in [0.25, 0.3) is 0 Å². The number of ether oxygens (including phenoxy) is 2. The Morgan fingerprint density at radius 2 is 2.15 bits per heavy atom. The third-order valence-electron chi connectivity index (χ3n) is 4.03. The van der Waals surface area contributed by atoms with Crippen LogP contribution in [-0.2, 0) is 11.3 Å². The number of nitrogens with one attached hydrogen (secondary N) is 2. The molecule has 2 aromatic rings. The minimum atomic E-state index is -0.317. The van der Waals surface area contributed by atoms with E-state index in [9.17, 15) is 4.79 Å². The van der Waals surface area contributed by atoms with E-state index >= 15 is 0 Å². The van der Waals surface area contributed by atoms with E-state index in [-0.39, 0.29) is 6.03 Å². The van der Waals surface area contributed by atoms with Crippen LogP contribution in [0.5, 0.6) is 5.75 Å². The molecule has 2 N–H and O–H groups in total. The Morgan fingerprint density at radius 3 is 2.88 bits per heavy atom. The molecule has 1 aliphatic rings. The lowest BCUT2D eigenvalue weighted by molar-refractivity contribution is 0.122. The lowest BCUT2D eigenvalue weighted by Crippen LogP contribution is -2.38. The molecule has 26 heavy (non-hydrogen) atoms. The number of urea groups is 1. The standard InChI is InChI=1S/C18H21ClN4O3/c1-25-16-5-4-14(11-15(16)19)22-18(24)21-12-13-3-2-6-20-17(13)23-7-9-26-10-8-23/h2-6,11H,7-10,12H2,1H3,(H2,21,22,24). The number of methoxy groups -OCH3 is 1. The van der Waals surface area contributed by atoms with Crippen molar-refractivity contribution in [3.63, 3.8) is 0 Å². The van der Waals surface area contributed by atoms with Crippen LogP contribution in [-0.4, -0.2) is 44.4 Å². The van der Waals surface area contributed by atoms with Gasteiger partial charge >= 0.3 is 6.03 Å². The molecule has 1 fully saturated rings. The number of nitrogens with zero attached hydrogens (tertiary/aromatic N) is 2. The predicted octanol–water partition coefficient (Wildman–Crippen LogP) is 2.90. The molecule has 1 aliphatic heterocycles. The second-order valence-corrected chi connectivity index (χ2v) is 6.15. The number of rotatable bonds is 5. The molecule has 0 atom stereocenters. The number of amides is 2. The fraction of sp³-hybridized carbons (Fsp3) is 0.333. The lowest BCUT2D eigenvalue weighted by atomic mass is 10.2. The molecule has 0 unspecified atom stereocenters. The molecule has 1 aromatic heterocycles. The number of hydrogen-bond acceptors (Lipinski definition) is 5.